The number of nitriles is 1. The average Bonchev–Trinajstić information content (AvgIpc) is 3.25. The predicted octanol–water partition coefficient (Wildman–Crippen LogP) is 5.72. The van der Waals surface area contributed by atoms with Crippen LogP contribution in [0.5, 0.6) is 11.5 Å². The minimum Gasteiger partial charge on any atom is -0.483 e. The molecule has 0 saturated heterocycles. The molecule has 1 heterocycles. The van der Waals surface area contributed by atoms with Gasteiger partial charge in [-0.1, -0.05) is 90.2 Å². The molecule has 344 valence electrons. The first kappa shape index (κ1) is 51.7. The minimum atomic E-state index is -1.28. The van der Waals surface area contributed by atoms with Crippen LogP contribution in [0.2, 0.25) is 0 Å². The molecule has 0 radical (unpaired) electrons. The largest absolute Gasteiger partial charge is 0.483 e. The summed E-state index contributed by atoms with van der Waals surface area (Å²) in [5.74, 6) is -5.01. The number of primary amides is 2. The first-order valence-electron chi connectivity index (χ1n) is 22.5. The van der Waals surface area contributed by atoms with Crippen LogP contribution in [0.4, 0.5) is 0 Å². The van der Waals surface area contributed by atoms with Gasteiger partial charge in [-0.05, 0) is 61.2 Å². The SMILES string of the molecule is CCCCCCCCCCCCCC(=O)C[C@@H](CCN)C(=O)N(C)[C@@H]1C(=O)C[C@@H](C)C(=O)N[C@H](C(=O)CCC#N)Cc2ccc(OCC(N)=O)c(c2)-c2cc1ccc2OCC(N)=O. The second-order valence-corrected chi connectivity index (χ2v) is 16.7. The quantitative estimate of drug-likeness (QED) is 0.0790. The van der Waals surface area contributed by atoms with Gasteiger partial charge in [-0.2, -0.15) is 5.26 Å². The summed E-state index contributed by atoms with van der Waals surface area (Å²) in [6.45, 7) is 2.86. The molecule has 2 aromatic carbocycles. The molecule has 63 heavy (non-hydrogen) atoms. The van der Waals surface area contributed by atoms with Crippen molar-refractivity contribution in [3.63, 3.8) is 0 Å². The van der Waals surface area contributed by atoms with Crippen molar-refractivity contribution in [3.05, 3.63) is 47.5 Å². The summed E-state index contributed by atoms with van der Waals surface area (Å²) in [5.41, 5.74) is 18.3. The second kappa shape index (κ2) is 27.4. The highest BCUT2D eigenvalue weighted by Gasteiger charge is 2.36. The van der Waals surface area contributed by atoms with Crippen molar-refractivity contribution < 1.29 is 43.0 Å². The lowest BCUT2D eigenvalue weighted by Gasteiger charge is -2.32. The maximum absolute atomic E-state index is 14.6. The molecular formula is C48H68N6O9. The van der Waals surface area contributed by atoms with E-state index in [9.17, 15) is 38.8 Å². The summed E-state index contributed by atoms with van der Waals surface area (Å²) in [4.78, 5) is 94.5. The van der Waals surface area contributed by atoms with E-state index in [4.69, 9.17) is 26.7 Å². The number of hydrogen-bond donors (Lipinski definition) is 4. The third-order valence-electron chi connectivity index (χ3n) is 11.4. The standard InChI is InChI=1S/C48H68N6O9/c1-4-5-6-7-8-9-10-11-12-13-14-16-36(55)28-35(22-24-50)48(61)54(3)46-34-19-21-43(63-31-45(52)59)38(29-34)37-26-33(18-20-42(37)62-30-44(51)58)27-39(40(56)17-15-23-49)53-47(60)32(2)25-41(46)57/h18-21,26,29,32,35,39,46H,4-17,22,24-25,27-28,30-31,50H2,1-3H3,(H2,51,58)(H2,52,59)(H,53,60)/t32-,35-,39+,46+/m1/s1. The fraction of sp³-hybridized carbons (Fsp3) is 0.583. The van der Waals surface area contributed by atoms with E-state index >= 15 is 0 Å². The zero-order chi connectivity index (χ0) is 46.3. The number of nitrogens with one attached hydrogen (secondary N) is 1. The molecule has 4 amide bonds. The number of nitrogens with two attached hydrogens (primary N) is 3. The van der Waals surface area contributed by atoms with E-state index in [1.54, 1.807) is 37.3 Å². The molecule has 0 fully saturated rings. The first-order chi connectivity index (χ1) is 30.2. The molecule has 0 spiro atoms. The predicted molar refractivity (Wildman–Crippen MR) is 239 cm³/mol. The molecule has 0 aromatic heterocycles. The van der Waals surface area contributed by atoms with Gasteiger partial charge >= 0.3 is 0 Å². The molecule has 0 saturated carbocycles. The Morgan fingerprint density at radius 3 is 1.97 bits per heavy atom. The number of nitrogens with zero attached hydrogens (tertiary/aromatic N) is 2. The Labute approximate surface area is 372 Å². The number of amides is 4. The summed E-state index contributed by atoms with van der Waals surface area (Å²) in [5, 5.41) is 12.0. The third-order valence-corrected chi connectivity index (χ3v) is 11.4. The Hall–Kier alpha value is -5.62. The molecule has 2 aromatic rings. The number of Topliss-reactive ketones (excluding diaryl/α,β-unsaturated/α-hetero) is 3. The molecule has 0 unspecified atom stereocenters. The summed E-state index contributed by atoms with van der Waals surface area (Å²) in [6.07, 6.45) is 12.6. The zero-order valence-corrected chi connectivity index (χ0v) is 37.4. The number of carbonyl (C=O) groups is 7. The van der Waals surface area contributed by atoms with E-state index in [1.807, 2.05) is 6.07 Å². The van der Waals surface area contributed by atoms with Gasteiger partial charge < -0.3 is 36.9 Å². The zero-order valence-electron chi connectivity index (χ0n) is 37.4. The molecule has 1 aliphatic rings. The molecule has 0 aliphatic carbocycles. The van der Waals surface area contributed by atoms with Crippen LogP contribution < -0.4 is 32.0 Å². The fourth-order valence-corrected chi connectivity index (χ4v) is 7.96. The van der Waals surface area contributed by atoms with Crippen LogP contribution in [0.25, 0.3) is 11.1 Å². The van der Waals surface area contributed by atoms with E-state index < -0.39 is 72.3 Å². The molecule has 4 bridgehead atoms. The Balaban J connectivity index is 2.02. The lowest BCUT2D eigenvalue weighted by atomic mass is 9.88. The summed E-state index contributed by atoms with van der Waals surface area (Å²) in [6, 6.07) is 9.12. The van der Waals surface area contributed by atoms with Crippen LogP contribution in [-0.4, -0.2) is 78.7 Å². The topological polar surface area (TPSA) is 255 Å². The van der Waals surface area contributed by atoms with Crippen LogP contribution in [0.3, 0.4) is 0 Å². The van der Waals surface area contributed by atoms with Gasteiger partial charge in [0.1, 0.15) is 23.3 Å². The van der Waals surface area contributed by atoms with Gasteiger partial charge in [-0.3, -0.25) is 33.6 Å². The molecule has 15 heteroatoms. The maximum atomic E-state index is 14.6. The van der Waals surface area contributed by atoms with Crippen LogP contribution in [0.1, 0.15) is 140 Å². The van der Waals surface area contributed by atoms with Crippen LogP contribution in [0.15, 0.2) is 36.4 Å². The van der Waals surface area contributed by atoms with E-state index in [1.165, 1.54) is 63.0 Å². The number of benzene rings is 2. The first-order valence-corrected chi connectivity index (χ1v) is 22.5. The summed E-state index contributed by atoms with van der Waals surface area (Å²) in [7, 11) is 1.47. The number of carbonyl (C=O) groups excluding carboxylic acids is 7. The summed E-state index contributed by atoms with van der Waals surface area (Å²) < 4.78 is 11.7. The van der Waals surface area contributed by atoms with Crippen molar-refractivity contribution in [2.75, 3.05) is 26.8 Å². The molecule has 3 rings (SSSR count). The molecular weight excluding hydrogens is 805 g/mol. The van der Waals surface area contributed by atoms with Crippen molar-refractivity contribution in [1.29, 1.82) is 5.26 Å². The molecule has 4 atom stereocenters. The van der Waals surface area contributed by atoms with Gasteiger partial charge in [0.2, 0.25) is 11.8 Å². The highest BCUT2D eigenvalue weighted by Crippen LogP contribution is 2.41. The number of ether oxygens (including phenoxy) is 2. The monoisotopic (exact) mass is 873 g/mol. The van der Waals surface area contributed by atoms with Gasteiger partial charge in [-0.15, -0.1) is 0 Å². The Morgan fingerprint density at radius 1 is 0.825 bits per heavy atom. The number of hydrogen-bond acceptors (Lipinski definition) is 11. The Bertz CT molecular complexity index is 1930. The number of fused-ring (bicyclic) bond motifs is 5. The summed E-state index contributed by atoms with van der Waals surface area (Å²) >= 11 is 0. The number of ketones is 3. The lowest BCUT2D eigenvalue weighted by Crippen LogP contribution is -2.46. The minimum absolute atomic E-state index is 0.00267. The van der Waals surface area contributed by atoms with Crippen LogP contribution in [-0.2, 0) is 40.0 Å². The average molecular weight is 873 g/mol. The number of rotatable bonds is 27. The smallest absolute Gasteiger partial charge is 0.255 e. The van der Waals surface area contributed by atoms with Crippen molar-refractivity contribution in [2.24, 2.45) is 29.0 Å². The Morgan fingerprint density at radius 2 is 1.40 bits per heavy atom. The van der Waals surface area contributed by atoms with Crippen molar-refractivity contribution in [1.82, 2.24) is 10.2 Å². The number of likely N-dealkylation sites (N-methyl/N-ethyl adjacent to an activating group) is 1. The molecule has 1 aliphatic heterocycles. The highest BCUT2D eigenvalue weighted by atomic mass is 16.5. The van der Waals surface area contributed by atoms with Crippen molar-refractivity contribution >= 4 is 41.0 Å². The lowest BCUT2D eigenvalue weighted by molar-refractivity contribution is -0.143. The maximum Gasteiger partial charge on any atom is 0.255 e. The van der Waals surface area contributed by atoms with E-state index in [2.05, 4.69) is 12.2 Å². The van der Waals surface area contributed by atoms with E-state index in [-0.39, 0.29) is 67.9 Å². The Kier molecular flexibility index (Phi) is 22.5. The molecule has 7 N–H and O–H groups in total. The highest BCUT2D eigenvalue weighted by molar-refractivity contribution is 5.96. The van der Waals surface area contributed by atoms with Gasteiger partial charge in [0.05, 0.1) is 12.1 Å². The second-order valence-electron chi connectivity index (χ2n) is 16.7. The fourth-order valence-electron chi connectivity index (χ4n) is 7.96. The molecule has 15 nitrogen and oxygen atoms in total. The van der Waals surface area contributed by atoms with Gasteiger partial charge in [0, 0.05) is 62.1 Å². The van der Waals surface area contributed by atoms with E-state index in [0.717, 1.165) is 25.7 Å². The van der Waals surface area contributed by atoms with E-state index in [0.29, 0.717) is 23.1 Å². The van der Waals surface area contributed by atoms with Crippen molar-refractivity contribution in [3.8, 4) is 28.7 Å². The van der Waals surface area contributed by atoms with Crippen LogP contribution >= 0.6 is 0 Å². The van der Waals surface area contributed by atoms with Gasteiger partial charge in [-0.25, -0.2) is 0 Å². The third kappa shape index (κ3) is 17.2. The normalized spacial score (nSPS) is 16.8. The number of unbranched alkanes of at least 4 members (excludes halogenated alkanes) is 10. The van der Waals surface area contributed by atoms with Gasteiger partial charge in [0.25, 0.3) is 11.8 Å². The van der Waals surface area contributed by atoms with Crippen LogP contribution in [0, 0.1) is 23.2 Å². The van der Waals surface area contributed by atoms with Gasteiger partial charge in [0.15, 0.2) is 24.8 Å². The van der Waals surface area contributed by atoms with Crippen molar-refractivity contribution in [2.45, 2.75) is 142 Å².